The monoisotopic (exact) mass is 381 g/mol. The van der Waals surface area contributed by atoms with Gasteiger partial charge in [0.05, 0.1) is 0 Å². The van der Waals surface area contributed by atoms with Crippen molar-refractivity contribution in [3.63, 3.8) is 0 Å². The Morgan fingerprint density at radius 2 is 1.74 bits per heavy atom. The first-order chi connectivity index (χ1) is 13.3. The van der Waals surface area contributed by atoms with Crippen molar-refractivity contribution < 1.29 is 14.2 Å². The molecule has 0 atom stereocenters. The van der Waals surface area contributed by atoms with Crippen LogP contribution in [0.4, 0.5) is 0 Å². The largest absolute Gasteiger partial charge is 0.489 e. The maximum absolute atomic E-state index is 6.04. The predicted molar refractivity (Wildman–Crippen MR) is 105 cm³/mol. The zero-order valence-corrected chi connectivity index (χ0v) is 15.5. The van der Waals surface area contributed by atoms with E-state index in [1.54, 1.807) is 0 Å². The number of hydrogen-bond donors (Lipinski definition) is 1. The topological polar surface area (TPSA) is 39.7 Å². The fourth-order valence-electron chi connectivity index (χ4n) is 2.97. The van der Waals surface area contributed by atoms with E-state index in [-0.39, 0.29) is 0 Å². The molecule has 0 aliphatic carbocycles. The summed E-state index contributed by atoms with van der Waals surface area (Å²) in [6.07, 6.45) is 0. The van der Waals surface area contributed by atoms with Crippen LogP contribution in [0.3, 0.4) is 0 Å². The van der Waals surface area contributed by atoms with Crippen LogP contribution in [0.5, 0.6) is 17.2 Å². The van der Waals surface area contributed by atoms with E-state index in [1.165, 1.54) is 0 Å². The van der Waals surface area contributed by atoms with Crippen molar-refractivity contribution in [1.29, 1.82) is 0 Å². The maximum atomic E-state index is 6.04. The minimum Gasteiger partial charge on any atom is -0.489 e. The van der Waals surface area contributed by atoms with Crippen molar-refractivity contribution in [1.82, 2.24) is 5.32 Å². The highest BCUT2D eigenvalue weighted by atomic mass is 35.5. The molecule has 3 aromatic rings. The lowest BCUT2D eigenvalue weighted by Crippen LogP contribution is -2.13. The van der Waals surface area contributed by atoms with E-state index in [4.69, 9.17) is 25.8 Å². The fourth-order valence-corrected chi connectivity index (χ4v) is 3.18. The molecule has 138 valence electrons. The second-order valence-electron chi connectivity index (χ2n) is 6.32. The summed E-state index contributed by atoms with van der Waals surface area (Å²) in [7, 11) is 0. The molecule has 1 aliphatic rings. The lowest BCUT2D eigenvalue weighted by molar-refractivity contribution is 0.174. The van der Waals surface area contributed by atoms with Gasteiger partial charge in [-0.2, -0.15) is 0 Å². The highest BCUT2D eigenvalue weighted by Crippen LogP contribution is 2.32. The van der Waals surface area contributed by atoms with Gasteiger partial charge in [0, 0.05) is 23.7 Å². The molecule has 0 unspecified atom stereocenters. The lowest BCUT2D eigenvalue weighted by atomic mass is 10.1. The Bertz CT molecular complexity index is 929. The van der Waals surface area contributed by atoms with Gasteiger partial charge in [-0.05, 0) is 41.5 Å². The van der Waals surface area contributed by atoms with Crippen molar-refractivity contribution in [3.8, 4) is 17.2 Å². The van der Waals surface area contributed by atoms with Gasteiger partial charge in [0.1, 0.15) is 12.4 Å². The van der Waals surface area contributed by atoms with Crippen LogP contribution in [0.25, 0.3) is 0 Å². The first-order valence-corrected chi connectivity index (χ1v) is 9.20. The second kappa shape index (κ2) is 8.33. The van der Waals surface area contributed by atoms with E-state index in [0.29, 0.717) is 19.9 Å². The zero-order valence-electron chi connectivity index (χ0n) is 14.8. The van der Waals surface area contributed by atoms with Crippen molar-refractivity contribution in [2.75, 3.05) is 6.79 Å². The van der Waals surface area contributed by atoms with Crippen molar-refractivity contribution in [3.05, 3.63) is 88.4 Å². The Kier molecular flexibility index (Phi) is 5.47. The molecule has 3 aromatic carbocycles. The molecule has 0 aromatic heterocycles. The average molecular weight is 382 g/mol. The first kappa shape index (κ1) is 17.7. The first-order valence-electron chi connectivity index (χ1n) is 8.82. The normalized spacial score (nSPS) is 12.2. The number of benzene rings is 3. The van der Waals surface area contributed by atoms with Crippen molar-refractivity contribution in [2.45, 2.75) is 19.7 Å². The molecule has 1 N–H and O–H groups in total. The van der Waals surface area contributed by atoms with E-state index in [9.17, 15) is 0 Å². The van der Waals surface area contributed by atoms with Gasteiger partial charge in [0.2, 0.25) is 6.79 Å². The summed E-state index contributed by atoms with van der Waals surface area (Å²) in [4.78, 5) is 0. The van der Waals surface area contributed by atoms with E-state index in [1.807, 2.05) is 60.7 Å². The summed E-state index contributed by atoms with van der Waals surface area (Å²) in [5.41, 5.74) is 3.31. The van der Waals surface area contributed by atoms with Crippen LogP contribution in [-0.2, 0) is 19.7 Å². The Balaban J connectivity index is 1.35. The molecule has 0 saturated heterocycles. The molecule has 0 fully saturated rings. The van der Waals surface area contributed by atoms with Crippen LogP contribution < -0.4 is 19.5 Å². The highest BCUT2D eigenvalue weighted by Gasteiger charge is 2.13. The number of nitrogens with one attached hydrogen (secondary N) is 1. The summed E-state index contributed by atoms with van der Waals surface area (Å²) in [6.45, 7) is 2.22. The van der Waals surface area contributed by atoms with Gasteiger partial charge in [-0.25, -0.2) is 0 Å². The predicted octanol–water partition coefficient (Wildman–Crippen LogP) is 4.94. The summed E-state index contributed by atoms with van der Waals surface area (Å²) < 4.78 is 16.8. The highest BCUT2D eigenvalue weighted by molar-refractivity contribution is 6.30. The van der Waals surface area contributed by atoms with E-state index >= 15 is 0 Å². The van der Waals surface area contributed by atoms with Crippen molar-refractivity contribution in [2.24, 2.45) is 0 Å². The SMILES string of the molecule is Clc1cccc(COc2ccccc2CNCc2ccc3c(c2)OCO3)c1. The lowest BCUT2D eigenvalue weighted by Gasteiger charge is -2.13. The third-order valence-electron chi connectivity index (χ3n) is 4.34. The minimum absolute atomic E-state index is 0.295. The number of fused-ring (bicyclic) bond motifs is 1. The molecule has 5 heteroatoms. The van der Waals surface area contributed by atoms with E-state index < -0.39 is 0 Å². The third-order valence-corrected chi connectivity index (χ3v) is 4.57. The van der Waals surface area contributed by atoms with Gasteiger partial charge in [-0.3, -0.25) is 0 Å². The van der Waals surface area contributed by atoms with Crippen LogP contribution >= 0.6 is 11.6 Å². The number of ether oxygens (including phenoxy) is 3. The Morgan fingerprint density at radius 3 is 2.67 bits per heavy atom. The average Bonchev–Trinajstić information content (AvgIpc) is 3.15. The smallest absolute Gasteiger partial charge is 0.231 e. The molecule has 4 nitrogen and oxygen atoms in total. The van der Waals surface area contributed by atoms with Crippen LogP contribution in [-0.4, -0.2) is 6.79 Å². The number of hydrogen-bond acceptors (Lipinski definition) is 4. The van der Waals surface area contributed by atoms with Gasteiger partial charge < -0.3 is 19.5 Å². The summed E-state index contributed by atoms with van der Waals surface area (Å²) in [6, 6.07) is 21.8. The quantitative estimate of drug-likeness (QED) is 0.629. The van der Waals surface area contributed by atoms with Crippen LogP contribution in [0.1, 0.15) is 16.7 Å². The maximum Gasteiger partial charge on any atom is 0.231 e. The van der Waals surface area contributed by atoms with Crippen LogP contribution in [0.15, 0.2) is 66.7 Å². The van der Waals surface area contributed by atoms with Gasteiger partial charge in [0.15, 0.2) is 11.5 Å². The zero-order chi connectivity index (χ0) is 18.5. The molecule has 4 rings (SSSR count). The molecular formula is C22H20ClNO3. The van der Waals surface area contributed by atoms with E-state index in [2.05, 4.69) is 11.4 Å². The minimum atomic E-state index is 0.295. The third kappa shape index (κ3) is 4.54. The van der Waals surface area contributed by atoms with Crippen LogP contribution in [0, 0.1) is 0 Å². The van der Waals surface area contributed by atoms with Crippen molar-refractivity contribution >= 4 is 11.6 Å². The molecule has 0 radical (unpaired) electrons. The second-order valence-corrected chi connectivity index (χ2v) is 6.75. The van der Waals surface area contributed by atoms with Crippen LogP contribution in [0.2, 0.25) is 5.02 Å². The molecule has 0 spiro atoms. The molecule has 27 heavy (non-hydrogen) atoms. The van der Waals surface area contributed by atoms with E-state index in [0.717, 1.165) is 45.5 Å². The Labute approximate surface area is 163 Å². The number of para-hydroxylation sites is 1. The summed E-state index contributed by atoms with van der Waals surface area (Å²) >= 11 is 6.04. The van der Waals surface area contributed by atoms with Gasteiger partial charge in [-0.15, -0.1) is 0 Å². The summed E-state index contributed by atoms with van der Waals surface area (Å²) in [5.74, 6) is 2.48. The molecule has 0 saturated carbocycles. The van der Waals surface area contributed by atoms with Gasteiger partial charge in [0.25, 0.3) is 0 Å². The van der Waals surface area contributed by atoms with Gasteiger partial charge >= 0.3 is 0 Å². The molecule has 0 amide bonds. The molecule has 1 aliphatic heterocycles. The summed E-state index contributed by atoms with van der Waals surface area (Å²) in [5, 5.41) is 4.18. The van der Waals surface area contributed by atoms with Gasteiger partial charge in [-0.1, -0.05) is 48.0 Å². The standard InChI is InChI=1S/C22H20ClNO3/c23-19-6-3-4-17(10-19)14-25-20-7-2-1-5-18(20)13-24-12-16-8-9-21-22(11-16)27-15-26-21/h1-11,24H,12-15H2. The number of rotatable bonds is 7. The molecule has 1 heterocycles. The molecule has 0 bridgehead atoms. The Hall–Kier alpha value is -2.69. The molecular weight excluding hydrogens is 362 g/mol. The number of halogens is 1. The fraction of sp³-hybridized carbons (Fsp3) is 0.182. The Morgan fingerprint density at radius 1 is 0.852 bits per heavy atom.